The van der Waals surface area contributed by atoms with E-state index in [1.165, 1.54) is 4.90 Å². The number of rotatable bonds is 8. The van der Waals surface area contributed by atoms with Crippen LogP contribution in [-0.2, 0) is 33.9 Å². The zero-order valence-electron chi connectivity index (χ0n) is 21.1. The molecule has 0 radical (unpaired) electrons. The van der Waals surface area contributed by atoms with Crippen LogP contribution in [-0.4, -0.2) is 34.0 Å². The molecule has 1 saturated carbocycles. The molecular formula is C31H33NO5. The average molecular weight is 500 g/mol. The Bertz CT molecular complexity index is 1240. The van der Waals surface area contributed by atoms with Crippen LogP contribution >= 0.6 is 0 Å². The van der Waals surface area contributed by atoms with Gasteiger partial charge in [0.2, 0.25) is 0 Å². The van der Waals surface area contributed by atoms with Gasteiger partial charge in [-0.1, -0.05) is 85.6 Å². The molecule has 6 nitrogen and oxygen atoms in total. The van der Waals surface area contributed by atoms with Crippen molar-refractivity contribution in [3.63, 3.8) is 0 Å². The van der Waals surface area contributed by atoms with Gasteiger partial charge in [-0.25, -0.2) is 4.79 Å². The Morgan fingerprint density at radius 1 is 0.973 bits per heavy atom. The molecule has 1 unspecified atom stereocenters. The van der Waals surface area contributed by atoms with Crippen molar-refractivity contribution in [2.24, 2.45) is 0 Å². The largest absolute Gasteiger partial charge is 0.488 e. The lowest BCUT2D eigenvalue weighted by molar-refractivity contribution is -0.160. The summed E-state index contributed by atoms with van der Waals surface area (Å²) < 4.78 is 12.6. The van der Waals surface area contributed by atoms with E-state index in [-0.39, 0.29) is 25.0 Å². The topological polar surface area (TPSA) is 76.1 Å². The zero-order chi connectivity index (χ0) is 25.8. The van der Waals surface area contributed by atoms with E-state index < -0.39 is 18.1 Å². The Balaban J connectivity index is 1.44. The first-order chi connectivity index (χ1) is 18.0. The van der Waals surface area contributed by atoms with E-state index in [0.717, 1.165) is 53.5 Å². The summed E-state index contributed by atoms with van der Waals surface area (Å²) in [6.07, 6.45) is 3.38. The number of aryl methyl sites for hydroxylation is 1. The number of carbonyl (C=O) groups excluding carboxylic acids is 1. The van der Waals surface area contributed by atoms with Crippen LogP contribution in [0.1, 0.15) is 59.6 Å². The highest BCUT2D eigenvalue weighted by atomic mass is 16.5. The number of carboxylic acids is 1. The molecule has 6 heteroatoms. The van der Waals surface area contributed by atoms with Crippen molar-refractivity contribution in [3.8, 4) is 5.75 Å². The Hall–Kier alpha value is -3.64. The van der Waals surface area contributed by atoms with Gasteiger partial charge < -0.3 is 19.5 Å². The maximum absolute atomic E-state index is 14.0. The number of carbonyl (C=O) groups is 2. The van der Waals surface area contributed by atoms with Crippen molar-refractivity contribution in [2.75, 3.05) is 0 Å². The van der Waals surface area contributed by atoms with Gasteiger partial charge in [0.1, 0.15) is 18.4 Å². The van der Waals surface area contributed by atoms with Crippen LogP contribution < -0.4 is 4.74 Å². The lowest BCUT2D eigenvalue weighted by Crippen LogP contribution is -2.50. The van der Waals surface area contributed by atoms with E-state index in [1.54, 1.807) is 0 Å². The fourth-order valence-electron chi connectivity index (χ4n) is 5.41. The minimum Gasteiger partial charge on any atom is -0.488 e. The molecular weight excluding hydrogens is 466 g/mol. The van der Waals surface area contributed by atoms with E-state index in [4.69, 9.17) is 9.47 Å². The number of hydrogen-bond acceptors (Lipinski definition) is 4. The SMILES string of the molecule is Cc1ccc2c(c1OCc1ccccc1)CC(C(=O)O)N(C(=O)[C@@H](OC1CCCC1)c1ccccc1)C2. The highest BCUT2D eigenvalue weighted by Gasteiger charge is 2.40. The molecule has 0 saturated heterocycles. The number of benzene rings is 3. The van der Waals surface area contributed by atoms with Crippen molar-refractivity contribution in [3.05, 3.63) is 101 Å². The van der Waals surface area contributed by atoms with Crippen LogP contribution in [0.5, 0.6) is 5.75 Å². The zero-order valence-corrected chi connectivity index (χ0v) is 21.1. The smallest absolute Gasteiger partial charge is 0.326 e. The van der Waals surface area contributed by atoms with Gasteiger partial charge in [-0.2, -0.15) is 0 Å². The van der Waals surface area contributed by atoms with Gasteiger partial charge in [0.25, 0.3) is 5.91 Å². The number of carboxylic acid groups (broad SMARTS) is 1. The highest BCUT2D eigenvalue weighted by molar-refractivity contribution is 5.88. The van der Waals surface area contributed by atoms with Gasteiger partial charge in [0, 0.05) is 18.5 Å². The molecule has 0 spiro atoms. The molecule has 2 aliphatic rings. The maximum atomic E-state index is 14.0. The molecule has 0 bridgehead atoms. The monoisotopic (exact) mass is 499 g/mol. The van der Waals surface area contributed by atoms with Crippen molar-refractivity contribution < 1.29 is 24.2 Å². The first kappa shape index (κ1) is 25.0. The fourth-order valence-corrected chi connectivity index (χ4v) is 5.41. The van der Waals surface area contributed by atoms with Crippen LogP contribution in [0.2, 0.25) is 0 Å². The van der Waals surface area contributed by atoms with Gasteiger partial charge in [-0.15, -0.1) is 0 Å². The van der Waals surface area contributed by atoms with Gasteiger partial charge in [-0.05, 0) is 42.0 Å². The maximum Gasteiger partial charge on any atom is 0.326 e. The standard InChI is InChI=1S/C31H33NO5/c1-21-16-17-24-19-32(30(33)29(23-12-6-3-7-13-23)37-25-14-8-9-15-25)27(31(34)35)18-26(24)28(21)36-20-22-10-4-2-5-11-22/h2-7,10-13,16-17,25,27,29H,8-9,14-15,18-20H2,1H3,(H,34,35)/t27?,29-/m0/s1. The van der Waals surface area contributed by atoms with Gasteiger partial charge >= 0.3 is 5.97 Å². The van der Waals surface area contributed by atoms with Crippen molar-refractivity contribution in [2.45, 2.75) is 70.4 Å². The molecule has 1 N–H and O–H groups in total. The number of hydrogen-bond donors (Lipinski definition) is 1. The number of nitrogens with zero attached hydrogens (tertiary/aromatic N) is 1. The minimum absolute atomic E-state index is 0.00940. The molecule has 1 heterocycles. The first-order valence-electron chi connectivity index (χ1n) is 13.0. The molecule has 1 amide bonds. The summed E-state index contributed by atoms with van der Waals surface area (Å²) >= 11 is 0. The summed E-state index contributed by atoms with van der Waals surface area (Å²) in [7, 11) is 0. The summed E-state index contributed by atoms with van der Waals surface area (Å²) in [5, 5.41) is 10.2. The number of aliphatic carboxylic acids is 1. The third-order valence-electron chi connectivity index (χ3n) is 7.42. The summed E-state index contributed by atoms with van der Waals surface area (Å²) in [5.41, 5.74) is 4.51. The lowest BCUT2D eigenvalue weighted by atomic mass is 9.90. The molecule has 1 aliphatic heterocycles. The van der Waals surface area contributed by atoms with Crippen LogP contribution in [0.4, 0.5) is 0 Å². The molecule has 37 heavy (non-hydrogen) atoms. The minimum atomic E-state index is -1.03. The molecule has 3 aromatic rings. The Kier molecular flexibility index (Phi) is 7.56. The second-order valence-corrected chi connectivity index (χ2v) is 9.98. The van der Waals surface area contributed by atoms with E-state index >= 15 is 0 Å². The molecule has 2 atom stereocenters. The molecule has 1 aliphatic carbocycles. The number of amides is 1. The Morgan fingerprint density at radius 2 is 1.65 bits per heavy atom. The van der Waals surface area contributed by atoms with E-state index in [2.05, 4.69) is 0 Å². The summed E-state index contributed by atoms with van der Waals surface area (Å²) in [4.78, 5) is 27.9. The second kappa shape index (κ2) is 11.2. The second-order valence-electron chi connectivity index (χ2n) is 9.98. The van der Waals surface area contributed by atoms with E-state index in [9.17, 15) is 14.7 Å². The predicted molar refractivity (Wildman–Crippen MR) is 140 cm³/mol. The van der Waals surface area contributed by atoms with E-state index in [1.807, 2.05) is 79.7 Å². The van der Waals surface area contributed by atoms with Crippen LogP contribution in [0.15, 0.2) is 72.8 Å². The molecule has 5 rings (SSSR count). The van der Waals surface area contributed by atoms with E-state index in [0.29, 0.717) is 12.4 Å². The number of fused-ring (bicyclic) bond motifs is 1. The van der Waals surface area contributed by atoms with Gasteiger partial charge in [0.15, 0.2) is 6.10 Å². The fraction of sp³-hybridized carbons (Fsp3) is 0.355. The first-order valence-corrected chi connectivity index (χ1v) is 13.0. The van der Waals surface area contributed by atoms with Crippen molar-refractivity contribution in [1.29, 1.82) is 0 Å². The highest BCUT2D eigenvalue weighted by Crippen LogP contribution is 2.37. The van der Waals surface area contributed by atoms with Gasteiger partial charge in [-0.3, -0.25) is 4.79 Å². The Labute approximate surface area is 217 Å². The summed E-state index contributed by atoms with van der Waals surface area (Å²) in [5.74, 6) is -0.618. The normalized spacial score (nSPS) is 18.3. The van der Waals surface area contributed by atoms with Crippen molar-refractivity contribution in [1.82, 2.24) is 4.90 Å². The van der Waals surface area contributed by atoms with Crippen LogP contribution in [0.25, 0.3) is 0 Å². The summed E-state index contributed by atoms with van der Waals surface area (Å²) in [6.45, 7) is 2.56. The Morgan fingerprint density at radius 3 is 2.32 bits per heavy atom. The van der Waals surface area contributed by atoms with Crippen LogP contribution in [0, 0.1) is 6.92 Å². The molecule has 0 aromatic heterocycles. The van der Waals surface area contributed by atoms with Crippen molar-refractivity contribution >= 4 is 11.9 Å². The quantitative estimate of drug-likeness (QED) is 0.436. The predicted octanol–water partition coefficient (Wildman–Crippen LogP) is 5.61. The van der Waals surface area contributed by atoms with Gasteiger partial charge in [0.05, 0.1) is 6.10 Å². The molecule has 192 valence electrons. The lowest BCUT2D eigenvalue weighted by Gasteiger charge is -2.38. The molecule has 3 aromatic carbocycles. The third-order valence-corrected chi connectivity index (χ3v) is 7.42. The summed E-state index contributed by atoms with van der Waals surface area (Å²) in [6, 6.07) is 22.3. The third kappa shape index (κ3) is 5.54. The molecule has 1 fully saturated rings. The number of ether oxygens (including phenoxy) is 2. The van der Waals surface area contributed by atoms with Crippen LogP contribution in [0.3, 0.4) is 0 Å². The average Bonchev–Trinajstić information content (AvgIpc) is 3.44.